The van der Waals surface area contributed by atoms with Crippen molar-refractivity contribution in [3.8, 4) is 0 Å². The van der Waals surface area contributed by atoms with Crippen molar-refractivity contribution < 1.29 is 9.59 Å². The molecular formula is C17H32N2O2. The van der Waals surface area contributed by atoms with Crippen LogP contribution in [-0.2, 0) is 9.59 Å². The zero-order valence-corrected chi connectivity index (χ0v) is 14.5. The average molecular weight is 296 g/mol. The number of rotatable bonds is 6. The molecule has 0 spiro atoms. The predicted octanol–water partition coefficient (Wildman–Crippen LogP) is 2.96. The van der Waals surface area contributed by atoms with E-state index in [0.29, 0.717) is 12.5 Å². The molecule has 1 fully saturated rings. The second-order valence-electron chi connectivity index (χ2n) is 7.69. The Morgan fingerprint density at radius 2 is 1.81 bits per heavy atom. The standard InChI is InChI=1S/C17H32N2O2/c1-7-8-9-10-19-13(11-12(2)3)15(20)18-14(16(19)21)17(4,5)6/h12-14H,7-11H2,1-6H3,(H,18,20). The van der Waals surface area contributed by atoms with Crippen molar-refractivity contribution in [1.29, 1.82) is 0 Å². The predicted molar refractivity (Wildman–Crippen MR) is 85.9 cm³/mol. The summed E-state index contributed by atoms with van der Waals surface area (Å²) in [4.78, 5) is 27.1. The fourth-order valence-corrected chi connectivity index (χ4v) is 2.83. The van der Waals surface area contributed by atoms with E-state index >= 15 is 0 Å². The molecule has 1 aliphatic rings. The smallest absolute Gasteiger partial charge is 0.246 e. The summed E-state index contributed by atoms with van der Waals surface area (Å²) in [6.45, 7) is 13.0. The van der Waals surface area contributed by atoms with Gasteiger partial charge in [-0.2, -0.15) is 0 Å². The number of carbonyl (C=O) groups excluding carboxylic acids is 2. The van der Waals surface area contributed by atoms with E-state index in [1.54, 1.807) is 0 Å². The third kappa shape index (κ3) is 4.72. The summed E-state index contributed by atoms with van der Waals surface area (Å²) >= 11 is 0. The van der Waals surface area contributed by atoms with Crippen LogP contribution in [-0.4, -0.2) is 35.3 Å². The molecule has 0 aromatic rings. The number of nitrogens with zero attached hydrogens (tertiary/aromatic N) is 1. The first-order valence-electron chi connectivity index (χ1n) is 8.29. The van der Waals surface area contributed by atoms with Crippen molar-refractivity contribution in [2.24, 2.45) is 11.3 Å². The highest BCUT2D eigenvalue weighted by molar-refractivity contribution is 5.97. The van der Waals surface area contributed by atoms with Crippen molar-refractivity contribution >= 4 is 11.8 Å². The SMILES string of the molecule is CCCCCN1C(=O)C(C(C)(C)C)NC(=O)C1CC(C)C. The van der Waals surface area contributed by atoms with E-state index < -0.39 is 6.04 Å². The Kier molecular flexibility index (Phi) is 6.24. The summed E-state index contributed by atoms with van der Waals surface area (Å²) in [6, 6.07) is -0.706. The highest BCUT2D eigenvalue weighted by Gasteiger charge is 2.44. The van der Waals surface area contributed by atoms with Gasteiger partial charge in [0.2, 0.25) is 11.8 Å². The number of nitrogens with one attached hydrogen (secondary N) is 1. The maximum atomic E-state index is 12.8. The maximum absolute atomic E-state index is 12.8. The molecule has 21 heavy (non-hydrogen) atoms. The molecule has 1 heterocycles. The van der Waals surface area contributed by atoms with Gasteiger partial charge in [-0.1, -0.05) is 54.4 Å². The van der Waals surface area contributed by atoms with E-state index in [2.05, 4.69) is 26.1 Å². The first-order chi connectivity index (χ1) is 9.68. The largest absolute Gasteiger partial charge is 0.342 e. The molecule has 0 saturated carbocycles. The van der Waals surface area contributed by atoms with Crippen LogP contribution in [0.25, 0.3) is 0 Å². The second-order valence-corrected chi connectivity index (χ2v) is 7.69. The fourth-order valence-electron chi connectivity index (χ4n) is 2.83. The zero-order valence-electron chi connectivity index (χ0n) is 14.5. The molecule has 0 aromatic heterocycles. The van der Waals surface area contributed by atoms with Gasteiger partial charge in [0.25, 0.3) is 0 Å². The van der Waals surface area contributed by atoms with Crippen molar-refractivity contribution in [2.75, 3.05) is 6.54 Å². The third-order valence-electron chi connectivity index (χ3n) is 4.06. The molecule has 4 nitrogen and oxygen atoms in total. The Balaban J connectivity index is 2.93. The molecule has 1 saturated heterocycles. The Bertz CT molecular complexity index is 371. The van der Waals surface area contributed by atoms with Gasteiger partial charge in [0.1, 0.15) is 12.1 Å². The van der Waals surface area contributed by atoms with Crippen LogP contribution in [0, 0.1) is 11.3 Å². The van der Waals surface area contributed by atoms with E-state index in [9.17, 15) is 9.59 Å². The van der Waals surface area contributed by atoms with Gasteiger partial charge in [0.15, 0.2) is 0 Å². The normalized spacial score (nSPS) is 23.7. The highest BCUT2D eigenvalue weighted by atomic mass is 16.2. The second kappa shape index (κ2) is 7.28. The van der Waals surface area contributed by atoms with Crippen LogP contribution in [0.15, 0.2) is 0 Å². The van der Waals surface area contributed by atoms with Gasteiger partial charge in [-0.05, 0) is 24.2 Å². The number of carbonyl (C=O) groups is 2. The van der Waals surface area contributed by atoms with Crippen LogP contribution in [0.3, 0.4) is 0 Å². The van der Waals surface area contributed by atoms with Crippen LogP contribution in [0.5, 0.6) is 0 Å². The number of hydrogen-bond donors (Lipinski definition) is 1. The van der Waals surface area contributed by atoms with Crippen LogP contribution in [0.4, 0.5) is 0 Å². The average Bonchev–Trinajstić information content (AvgIpc) is 2.35. The summed E-state index contributed by atoms with van der Waals surface area (Å²) < 4.78 is 0. The van der Waals surface area contributed by atoms with Crippen molar-refractivity contribution in [1.82, 2.24) is 10.2 Å². The van der Waals surface area contributed by atoms with Gasteiger partial charge < -0.3 is 10.2 Å². The van der Waals surface area contributed by atoms with E-state index in [1.165, 1.54) is 0 Å². The van der Waals surface area contributed by atoms with Gasteiger partial charge in [-0.3, -0.25) is 9.59 Å². The first-order valence-corrected chi connectivity index (χ1v) is 8.29. The summed E-state index contributed by atoms with van der Waals surface area (Å²) in [6.07, 6.45) is 3.92. The molecule has 4 heteroatoms. The molecule has 2 amide bonds. The molecule has 0 aliphatic carbocycles. The Labute approximate surface area is 129 Å². The minimum atomic E-state index is -0.407. The Morgan fingerprint density at radius 1 is 1.19 bits per heavy atom. The summed E-state index contributed by atoms with van der Waals surface area (Å²) in [7, 11) is 0. The van der Waals surface area contributed by atoms with Crippen molar-refractivity contribution in [2.45, 2.75) is 79.3 Å². The Morgan fingerprint density at radius 3 is 2.29 bits per heavy atom. The van der Waals surface area contributed by atoms with Crippen LogP contribution in [0.2, 0.25) is 0 Å². The number of amides is 2. The van der Waals surface area contributed by atoms with Gasteiger partial charge in [0, 0.05) is 6.54 Å². The molecule has 0 radical (unpaired) electrons. The maximum Gasteiger partial charge on any atom is 0.246 e. The fraction of sp³-hybridized carbons (Fsp3) is 0.882. The van der Waals surface area contributed by atoms with Crippen LogP contribution < -0.4 is 5.32 Å². The summed E-state index contributed by atoms with van der Waals surface area (Å²) in [5.41, 5.74) is -0.251. The van der Waals surface area contributed by atoms with E-state index in [1.807, 2.05) is 25.7 Å². The number of hydrogen-bond acceptors (Lipinski definition) is 2. The quantitative estimate of drug-likeness (QED) is 0.766. The lowest BCUT2D eigenvalue weighted by molar-refractivity contribution is -0.153. The topological polar surface area (TPSA) is 49.4 Å². The molecule has 1 aliphatic heterocycles. The summed E-state index contributed by atoms with van der Waals surface area (Å²) in [5.74, 6) is 0.497. The lowest BCUT2D eigenvalue weighted by Gasteiger charge is -2.44. The third-order valence-corrected chi connectivity index (χ3v) is 4.06. The van der Waals surface area contributed by atoms with E-state index in [0.717, 1.165) is 25.7 Å². The molecule has 1 rings (SSSR count). The minimum Gasteiger partial charge on any atom is -0.342 e. The van der Waals surface area contributed by atoms with E-state index in [4.69, 9.17) is 0 Å². The monoisotopic (exact) mass is 296 g/mol. The Hall–Kier alpha value is -1.06. The molecule has 2 unspecified atom stereocenters. The zero-order chi connectivity index (χ0) is 16.2. The van der Waals surface area contributed by atoms with Gasteiger partial charge in [0.05, 0.1) is 0 Å². The molecule has 2 atom stereocenters. The van der Waals surface area contributed by atoms with Gasteiger partial charge in [-0.15, -0.1) is 0 Å². The first kappa shape index (κ1) is 18.0. The van der Waals surface area contributed by atoms with Crippen LogP contribution in [0.1, 0.15) is 67.2 Å². The number of unbranched alkanes of at least 4 members (excludes halogenated alkanes) is 2. The van der Waals surface area contributed by atoms with Gasteiger partial charge in [-0.25, -0.2) is 0 Å². The van der Waals surface area contributed by atoms with E-state index in [-0.39, 0.29) is 23.3 Å². The molecule has 122 valence electrons. The summed E-state index contributed by atoms with van der Waals surface area (Å²) in [5, 5.41) is 2.95. The van der Waals surface area contributed by atoms with Gasteiger partial charge >= 0.3 is 0 Å². The molecule has 0 aromatic carbocycles. The molecule has 1 N–H and O–H groups in total. The minimum absolute atomic E-state index is 0.0136. The molecular weight excluding hydrogens is 264 g/mol. The molecule has 0 bridgehead atoms. The lowest BCUT2D eigenvalue weighted by atomic mass is 9.83. The van der Waals surface area contributed by atoms with Crippen LogP contribution >= 0.6 is 0 Å². The van der Waals surface area contributed by atoms with Crippen molar-refractivity contribution in [3.63, 3.8) is 0 Å². The highest BCUT2D eigenvalue weighted by Crippen LogP contribution is 2.27. The van der Waals surface area contributed by atoms with Crippen molar-refractivity contribution in [3.05, 3.63) is 0 Å². The lowest BCUT2D eigenvalue weighted by Crippen LogP contribution is -2.66. The number of piperazine rings is 1.